The van der Waals surface area contributed by atoms with Gasteiger partial charge < -0.3 is 20.1 Å². The van der Waals surface area contributed by atoms with Crippen molar-refractivity contribution in [2.45, 2.75) is 354 Å². The fourth-order valence-corrected chi connectivity index (χ4v) is 11.2. The minimum Gasteiger partial charge on any atom is -0.462 e. The molecule has 10 heteroatoms. The van der Waals surface area contributed by atoms with Crippen molar-refractivity contribution in [1.29, 1.82) is 0 Å². The first kappa shape index (κ1) is 80.5. The molecule has 0 aromatic heterocycles. The Morgan fingerprint density at radius 3 is 0.988 bits per heavy atom. The van der Waals surface area contributed by atoms with Crippen LogP contribution in [0, 0.1) is 0 Å². The van der Waals surface area contributed by atoms with Gasteiger partial charge in [0.25, 0.3) is 0 Å². The van der Waals surface area contributed by atoms with Crippen molar-refractivity contribution in [3.8, 4) is 0 Å². The number of ether oxygens (including phenoxy) is 2. The van der Waals surface area contributed by atoms with Crippen LogP contribution in [-0.2, 0) is 32.7 Å². The molecule has 0 aromatic rings. The molecular formula is C73H134NO8P. The molecule has 0 fully saturated rings. The summed E-state index contributed by atoms with van der Waals surface area (Å²) in [5.41, 5.74) is 5.40. The molecule has 2 unspecified atom stereocenters. The van der Waals surface area contributed by atoms with Crippen molar-refractivity contribution in [3.63, 3.8) is 0 Å². The number of phosphoric ester groups is 1. The molecule has 2 atom stereocenters. The molecule has 0 saturated carbocycles. The van der Waals surface area contributed by atoms with Crippen molar-refractivity contribution < 1.29 is 37.6 Å². The van der Waals surface area contributed by atoms with Crippen LogP contribution in [0.5, 0.6) is 0 Å². The maximum atomic E-state index is 12.8. The summed E-state index contributed by atoms with van der Waals surface area (Å²) in [4.78, 5) is 35.4. The third-order valence-electron chi connectivity index (χ3n) is 15.6. The van der Waals surface area contributed by atoms with Gasteiger partial charge in [0.15, 0.2) is 6.10 Å². The summed E-state index contributed by atoms with van der Waals surface area (Å²) in [5, 5.41) is 0. The molecule has 0 saturated heterocycles. The predicted octanol–water partition coefficient (Wildman–Crippen LogP) is 23.2. The largest absolute Gasteiger partial charge is 0.472 e. The van der Waals surface area contributed by atoms with Gasteiger partial charge in [0.2, 0.25) is 0 Å². The fraction of sp³-hybridized carbons (Fsp3) is 0.808. The summed E-state index contributed by atoms with van der Waals surface area (Å²) in [7, 11) is -4.39. The summed E-state index contributed by atoms with van der Waals surface area (Å²) < 4.78 is 33.2. The Morgan fingerprint density at radius 2 is 0.663 bits per heavy atom. The molecule has 83 heavy (non-hydrogen) atoms. The van der Waals surface area contributed by atoms with E-state index < -0.39 is 26.5 Å². The number of unbranched alkanes of at least 4 members (excludes halogenated alkanes) is 42. The monoisotopic (exact) mass is 1180 g/mol. The lowest BCUT2D eigenvalue weighted by Crippen LogP contribution is -2.29. The first-order valence-corrected chi connectivity index (χ1v) is 36.9. The van der Waals surface area contributed by atoms with Gasteiger partial charge in [-0.3, -0.25) is 18.6 Å². The van der Waals surface area contributed by atoms with Gasteiger partial charge in [0.05, 0.1) is 13.2 Å². The molecule has 3 N–H and O–H groups in total. The maximum absolute atomic E-state index is 12.8. The second-order valence-electron chi connectivity index (χ2n) is 23.7. The summed E-state index contributed by atoms with van der Waals surface area (Å²) in [6, 6.07) is 0. The molecule has 9 nitrogen and oxygen atoms in total. The van der Waals surface area contributed by atoms with Gasteiger partial charge in [-0.25, -0.2) is 4.57 Å². The lowest BCUT2D eigenvalue weighted by molar-refractivity contribution is -0.161. The Bertz CT molecular complexity index is 1590. The van der Waals surface area contributed by atoms with E-state index in [1.807, 2.05) is 0 Å². The predicted molar refractivity (Wildman–Crippen MR) is 358 cm³/mol. The molecule has 0 radical (unpaired) electrons. The van der Waals surface area contributed by atoms with Gasteiger partial charge in [-0.05, 0) is 64.2 Å². The maximum Gasteiger partial charge on any atom is 0.472 e. The Kier molecular flexibility index (Phi) is 66.5. The highest BCUT2D eigenvalue weighted by molar-refractivity contribution is 7.47. The second-order valence-corrected chi connectivity index (χ2v) is 25.2. The number of nitrogens with two attached hydrogens (primary N) is 1. The zero-order chi connectivity index (χ0) is 60.1. The van der Waals surface area contributed by atoms with Crippen LogP contribution < -0.4 is 5.73 Å². The highest BCUT2D eigenvalue weighted by atomic mass is 31.2. The van der Waals surface area contributed by atoms with Crippen LogP contribution in [0.3, 0.4) is 0 Å². The van der Waals surface area contributed by atoms with Crippen LogP contribution in [-0.4, -0.2) is 49.3 Å². The number of hydrogen-bond acceptors (Lipinski definition) is 8. The van der Waals surface area contributed by atoms with E-state index in [1.165, 1.54) is 238 Å². The van der Waals surface area contributed by atoms with Crippen LogP contribution in [0.4, 0.5) is 0 Å². The van der Waals surface area contributed by atoms with Crippen molar-refractivity contribution in [2.24, 2.45) is 5.73 Å². The summed E-state index contributed by atoms with van der Waals surface area (Å²) >= 11 is 0. The highest BCUT2D eigenvalue weighted by Gasteiger charge is 2.26. The van der Waals surface area contributed by atoms with Gasteiger partial charge in [0, 0.05) is 19.4 Å². The average molecular weight is 1180 g/mol. The summed E-state index contributed by atoms with van der Waals surface area (Å²) in [5.74, 6) is -0.808. The fourth-order valence-electron chi connectivity index (χ4n) is 10.4. The molecule has 0 bridgehead atoms. The molecule has 0 aliphatic rings. The topological polar surface area (TPSA) is 134 Å². The zero-order valence-corrected chi connectivity index (χ0v) is 55.3. The quantitative estimate of drug-likeness (QED) is 0.0264. The van der Waals surface area contributed by atoms with Crippen LogP contribution in [0.15, 0.2) is 72.9 Å². The first-order chi connectivity index (χ1) is 40.8. The Morgan fingerprint density at radius 1 is 0.373 bits per heavy atom. The molecule has 0 aliphatic heterocycles. The number of rotatable bonds is 67. The minimum atomic E-state index is -4.39. The standard InChI is InChI=1S/C73H134NO8P/c1-3-5-7-9-11-13-15-17-19-21-23-25-27-29-30-31-32-33-34-35-36-37-38-39-40-42-44-46-48-50-52-54-56-58-60-62-64-66-73(76)82-71(70-81-83(77,78)80-68-67-74)69-79-72(75)65-63-61-59-57-55-53-51-49-47-45-43-41-28-26-24-22-20-18-16-14-12-10-8-6-4-2/h5,7,11,13,17,19,23,25,29-30,32-33,71H,3-4,6,8-10,12,14-16,18,20-22,24,26-28,31,34-70,74H2,1-2H3,(H,77,78)/b7-5-,13-11-,19-17-,25-23-,30-29-,33-32-. The lowest BCUT2D eigenvalue weighted by atomic mass is 10.0. The van der Waals surface area contributed by atoms with Crippen LogP contribution in [0.25, 0.3) is 0 Å². The Labute approximate surface area is 513 Å². The molecule has 0 aliphatic carbocycles. The van der Waals surface area contributed by atoms with E-state index in [-0.39, 0.29) is 38.6 Å². The smallest absolute Gasteiger partial charge is 0.462 e. The molecule has 0 rings (SSSR count). The normalized spacial score (nSPS) is 13.3. The number of carbonyl (C=O) groups excluding carboxylic acids is 2. The SMILES string of the molecule is CC/C=C\C/C=C\C/C=C\C/C=C\C/C=C\C/C=C\CCCCCCCCCCCCCCCCCCCCC(=O)OC(COC(=O)CCCCCCCCCCCCCCCCCCCCCCCCCCC)COP(=O)(O)OCCN. The molecule has 0 heterocycles. The van der Waals surface area contributed by atoms with E-state index in [1.54, 1.807) is 0 Å². The third-order valence-corrected chi connectivity index (χ3v) is 16.6. The Balaban J connectivity index is 3.83. The number of phosphoric acid groups is 1. The van der Waals surface area contributed by atoms with Crippen molar-refractivity contribution in [2.75, 3.05) is 26.4 Å². The van der Waals surface area contributed by atoms with Crippen molar-refractivity contribution in [3.05, 3.63) is 72.9 Å². The summed E-state index contributed by atoms with van der Waals surface area (Å²) in [6.07, 6.45) is 90.0. The summed E-state index contributed by atoms with van der Waals surface area (Å²) in [6.45, 7) is 3.69. The average Bonchev–Trinajstić information content (AvgIpc) is 3.49. The van der Waals surface area contributed by atoms with E-state index >= 15 is 0 Å². The van der Waals surface area contributed by atoms with E-state index in [4.69, 9.17) is 24.3 Å². The van der Waals surface area contributed by atoms with Crippen LogP contribution >= 0.6 is 7.82 Å². The van der Waals surface area contributed by atoms with Gasteiger partial charge >= 0.3 is 19.8 Å². The van der Waals surface area contributed by atoms with Crippen LogP contribution in [0.1, 0.15) is 348 Å². The van der Waals surface area contributed by atoms with Gasteiger partial charge in [0.1, 0.15) is 6.61 Å². The Hall–Kier alpha value is -2.55. The first-order valence-electron chi connectivity index (χ1n) is 35.4. The van der Waals surface area contributed by atoms with E-state index in [0.717, 1.165) is 77.0 Å². The molecule has 0 amide bonds. The van der Waals surface area contributed by atoms with Gasteiger partial charge in [-0.1, -0.05) is 344 Å². The minimum absolute atomic E-state index is 0.0545. The van der Waals surface area contributed by atoms with E-state index in [0.29, 0.717) is 6.42 Å². The van der Waals surface area contributed by atoms with Crippen LogP contribution in [0.2, 0.25) is 0 Å². The molecule has 0 spiro atoms. The number of esters is 2. The highest BCUT2D eigenvalue weighted by Crippen LogP contribution is 2.43. The zero-order valence-electron chi connectivity index (χ0n) is 54.4. The van der Waals surface area contributed by atoms with E-state index in [2.05, 4.69) is 86.8 Å². The lowest BCUT2D eigenvalue weighted by Gasteiger charge is -2.19. The van der Waals surface area contributed by atoms with Gasteiger partial charge in [-0.15, -0.1) is 0 Å². The van der Waals surface area contributed by atoms with Gasteiger partial charge in [-0.2, -0.15) is 0 Å². The van der Waals surface area contributed by atoms with Crippen molar-refractivity contribution >= 4 is 19.8 Å². The number of carbonyl (C=O) groups is 2. The second kappa shape index (κ2) is 68.6. The van der Waals surface area contributed by atoms with Crippen molar-refractivity contribution in [1.82, 2.24) is 0 Å². The number of hydrogen-bond donors (Lipinski definition) is 2. The number of allylic oxidation sites excluding steroid dienone is 12. The molecular weight excluding hydrogens is 1050 g/mol. The van der Waals surface area contributed by atoms with E-state index in [9.17, 15) is 19.0 Å². The third kappa shape index (κ3) is 68.4. The molecule has 484 valence electrons. The molecule has 0 aromatic carbocycles.